The molecule has 0 aliphatic carbocycles. The summed E-state index contributed by atoms with van der Waals surface area (Å²) in [5.41, 5.74) is 4.10. The number of aromatic nitrogens is 1. The van der Waals surface area contributed by atoms with Crippen molar-refractivity contribution in [1.29, 1.82) is 0 Å². The van der Waals surface area contributed by atoms with E-state index in [1.54, 1.807) is 7.11 Å². The summed E-state index contributed by atoms with van der Waals surface area (Å²) in [7, 11) is 1.70. The zero-order valence-electron chi connectivity index (χ0n) is 10.6. The van der Waals surface area contributed by atoms with Crippen molar-refractivity contribution in [2.45, 2.75) is 25.8 Å². The van der Waals surface area contributed by atoms with Gasteiger partial charge in [0.1, 0.15) is 5.75 Å². The summed E-state index contributed by atoms with van der Waals surface area (Å²) in [6.45, 7) is 6.50. The molecule has 1 aliphatic heterocycles. The van der Waals surface area contributed by atoms with Crippen LogP contribution in [0.3, 0.4) is 0 Å². The van der Waals surface area contributed by atoms with Crippen molar-refractivity contribution >= 4 is 10.9 Å². The van der Waals surface area contributed by atoms with Crippen molar-refractivity contribution in [2.75, 3.05) is 13.7 Å². The van der Waals surface area contributed by atoms with Gasteiger partial charge in [-0.1, -0.05) is 13.8 Å². The molecule has 0 spiro atoms. The SMILES string of the molecule is COc1ccc2c3c([nH]c2c1)C(C)(C)CNC3. The van der Waals surface area contributed by atoms with E-state index in [0.29, 0.717) is 0 Å². The molecular weight excluding hydrogens is 212 g/mol. The maximum Gasteiger partial charge on any atom is 0.120 e. The number of nitrogens with one attached hydrogen (secondary N) is 2. The number of rotatable bonds is 1. The fourth-order valence-corrected chi connectivity index (χ4v) is 2.71. The average Bonchev–Trinajstić information content (AvgIpc) is 2.68. The third-order valence-electron chi connectivity index (χ3n) is 3.66. The van der Waals surface area contributed by atoms with Gasteiger partial charge in [-0.05, 0) is 17.7 Å². The summed E-state index contributed by atoms with van der Waals surface area (Å²) in [4.78, 5) is 3.56. The zero-order chi connectivity index (χ0) is 12.0. The van der Waals surface area contributed by atoms with Crippen molar-refractivity contribution in [3.63, 3.8) is 0 Å². The maximum atomic E-state index is 5.27. The number of aromatic amines is 1. The molecule has 2 heterocycles. The van der Waals surface area contributed by atoms with Crippen LogP contribution in [-0.2, 0) is 12.0 Å². The van der Waals surface area contributed by atoms with E-state index < -0.39 is 0 Å². The van der Waals surface area contributed by atoms with Gasteiger partial charge in [-0.25, -0.2) is 0 Å². The highest BCUT2D eigenvalue weighted by atomic mass is 16.5. The number of methoxy groups -OCH3 is 1. The lowest BCUT2D eigenvalue weighted by atomic mass is 9.84. The molecular formula is C14H18N2O. The lowest BCUT2D eigenvalue weighted by molar-refractivity contribution is 0.415. The number of fused-ring (bicyclic) bond motifs is 3. The van der Waals surface area contributed by atoms with Crippen LogP contribution in [0.15, 0.2) is 18.2 Å². The second-order valence-corrected chi connectivity index (χ2v) is 5.38. The second kappa shape index (κ2) is 3.50. The fraction of sp³-hybridized carbons (Fsp3) is 0.429. The molecule has 0 radical (unpaired) electrons. The van der Waals surface area contributed by atoms with Crippen LogP contribution in [0.5, 0.6) is 5.75 Å². The minimum absolute atomic E-state index is 0.167. The molecule has 2 N–H and O–H groups in total. The molecule has 3 heteroatoms. The highest BCUT2D eigenvalue weighted by Crippen LogP contribution is 2.35. The predicted octanol–water partition coefficient (Wildman–Crippen LogP) is 2.56. The van der Waals surface area contributed by atoms with E-state index >= 15 is 0 Å². The third-order valence-corrected chi connectivity index (χ3v) is 3.66. The van der Waals surface area contributed by atoms with E-state index in [1.807, 2.05) is 6.07 Å². The lowest BCUT2D eigenvalue weighted by Crippen LogP contribution is -2.38. The smallest absolute Gasteiger partial charge is 0.120 e. The van der Waals surface area contributed by atoms with Crippen LogP contribution in [0, 0.1) is 0 Å². The monoisotopic (exact) mass is 230 g/mol. The Balaban J connectivity index is 2.26. The van der Waals surface area contributed by atoms with Crippen LogP contribution < -0.4 is 10.1 Å². The lowest BCUT2D eigenvalue weighted by Gasteiger charge is -2.30. The van der Waals surface area contributed by atoms with E-state index in [0.717, 1.165) is 18.8 Å². The average molecular weight is 230 g/mol. The summed E-state index contributed by atoms with van der Waals surface area (Å²) >= 11 is 0. The Morgan fingerprint density at radius 2 is 2.12 bits per heavy atom. The molecule has 1 aromatic carbocycles. The van der Waals surface area contributed by atoms with Crippen LogP contribution >= 0.6 is 0 Å². The van der Waals surface area contributed by atoms with Gasteiger partial charge in [0.15, 0.2) is 0 Å². The van der Waals surface area contributed by atoms with Crippen molar-refractivity contribution in [3.8, 4) is 5.75 Å². The Morgan fingerprint density at radius 1 is 1.29 bits per heavy atom. The minimum atomic E-state index is 0.167. The van der Waals surface area contributed by atoms with E-state index in [1.165, 1.54) is 22.2 Å². The van der Waals surface area contributed by atoms with Gasteiger partial charge >= 0.3 is 0 Å². The van der Waals surface area contributed by atoms with Gasteiger partial charge in [-0.15, -0.1) is 0 Å². The van der Waals surface area contributed by atoms with Gasteiger partial charge in [-0.3, -0.25) is 0 Å². The minimum Gasteiger partial charge on any atom is -0.497 e. The van der Waals surface area contributed by atoms with Crippen LogP contribution in [0.25, 0.3) is 10.9 Å². The number of ether oxygens (including phenoxy) is 1. The number of benzene rings is 1. The molecule has 0 bridgehead atoms. The van der Waals surface area contributed by atoms with Gasteiger partial charge < -0.3 is 15.0 Å². The van der Waals surface area contributed by atoms with Gasteiger partial charge in [0, 0.05) is 41.2 Å². The largest absolute Gasteiger partial charge is 0.497 e. The molecule has 0 fully saturated rings. The van der Waals surface area contributed by atoms with Crippen molar-refractivity contribution in [2.24, 2.45) is 0 Å². The Bertz CT molecular complexity index is 569. The quantitative estimate of drug-likeness (QED) is 0.790. The van der Waals surface area contributed by atoms with Crippen LogP contribution in [0.1, 0.15) is 25.1 Å². The predicted molar refractivity (Wildman–Crippen MR) is 69.6 cm³/mol. The van der Waals surface area contributed by atoms with Crippen molar-refractivity contribution < 1.29 is 4.74 Å². The number of H-pyrrole nitrogens is 1. The fourth-order valence-electron chi connectivity index (χ4n) is 2.71. The Kier molecular flexibility index (Phi) is 2.20. The van der Waals surface area contributed by atoms with E-state index in [9.17, 15) is 0 Å². The molecule has 90 valence electrons. The van der Waals surface area contributed by atoms with E-state index in [2.05, 4.69) is 36.3 Å². The first-order valence-electron chi connectivity index (χ1n) is 6.01. The Morgan fingerprint density at radius 3 is 2.88 bits per heavy atom. The summed E-state index contributed by atoms with van der Waals surface area (Å²) in [5, 5.41) is 4.79. The summed E-state index contributed by atoms with van der Waals surface area (Å²) < 4.78 is 5.27. The topological polar surface area (TPSA) is 37.0 Å². The molecule has 1 aliphatic rings. The van der Waals surface area contributed by atoms with Gasteiger partial charge in [0.2, 0.25) is 0 Å². The van der Waals surface area contributed by atoms with Gasteiger partial charge in [-0.2, -0.15) is 0 Å². The van der Waals surface area contributed by atoms with E-state index in [-0.39, 0.29) is 5.41 Å². The maximum absolute atomic E-state index is 5.27. The normalized spacial score (nSPS) is 18.1. The summed E-state index contributed by atoms with van der Waals surface area (Å²) in [6.07, 6.45) is 0. The second-order valence-electron chi connectivity index (χ2n) is 5.38. The highest BCUT2D eigenvalue weighted by molar-refractivity contribution is 5.86. The number of hydrogen-bond acceptors (Lipinski definition) is 2. The Hall–Kier alpha value is -1.48. The molecule has 1 aromatic heterocycles. The van der Waals surface area contributed by atoms with Crippen LogP contribution in [0.4, 0.5) is 0 Å². The molecule has 2 aromatic rings. The summed E-state index contributed by atoms with van der Waals surface area (Å²) in [5.74, 6) is 0.905. The highest BCUT2D eigenvalue weighted by Gasteiger charge is 2.30. The first-order valence-corrected chi connectivity index (χ1v) is 6.01. The standard InChI is InChI=1S/C14H18N2O/c1-14(2)8-15-7-11-10-5-4-9(17-3)6-12(10)16-13(11)14/h4-6,15-16H,7-8H2,1-3H3. The molecule has 0 unspecified atom stereocenters. The Labute approximate surface area is 101 Å². The van der Waals surface area contributed by atoms with Crippen molar-refractivity contribution in [1.82, 2.24) is 10.3 Å². The third kappa shape index (κ3) is 1.53. The van der Waals surface area contributed by atoms with Crippen molar-refractivity contribution in [3.05, 3.63) is 29.5 Å². The van der Waals surface area contributed by atoms with Gasteiger partial charge in [0.05, 0.1) is 7.11 Å². The molecule has 0 saturated carbocycles. The first-order chi connectivity index (χ1) is 8.12. The number of hydrogen-bond donors (Lipinski definition) is 2. The molecule has 3 nitrogen and oxygen atoms in total. The molecule has 17 heavy (non-hydrogen) atoms. The van der Waals surface area contributed by atoms with Gasteiger partial charge in [0.25, 0.3) is 0 Å². The molecule has 0 amide bonds. The zero-order valence-corrected chi connectivity index (χ0v) is 10.6. The van der Waals surface area contributed by atoms with Crippen LogP contribution in [-0.4, -0.2) is 18.6 Å². The molecule has 3 rings (SSSR count). The first kappa shape index (κ1) is 10.7. The summed E-state index contributed by atoms with van der Waals surface area (Å²) in [6, 6.07) is 6.24. The molecule has 0 saturated heterocycles. The van der Waals surface area contributed by atoms with E-state index in [4.69, 9.17) is 4.74 Å². The van der Waals surface area contributed by atoms with Crippen LogP contribution in [0.2, 0.25) is 0 Å². The molecule has 0 atom stereocenters.